The molecule has 1 saturated carbocycles. The molecule has 0 unspecified atom stereocenters. The summed E-state index contributed by atoms with van der Waals surface area (Å²) in [5, 5.41) is 12.1. The van der Waals surface area contributed by atoms with Crippen molar-refractivity contribution in [2.45, 2.75) is 24.9 Å². The molecular formula is C13H14N2O3. The normalized spacial score (nSPS) is 24.0. The lowest BCUT2D eigenvalue weighted by atomic mass is 10.0. The number of carbonyl (C=O) groups excluding carboxylic acids is 2. The molecule has 18 heavy (non-hydrogen) atoms. The molecule has 0 radical (unpaired) electrons. The topological polar surface area (TPSA) is 69.6 Å². The maximum absolute atomic E-state index is 12.3. The molecule has 1 aromatic rings. The van der Waals surface area contributed by atoms with Crippen molar-refractivity contribution in [3.8, 4) is 5.75 Å². The van der Waals surface area contributed by atoms with Gasteiger partial charge in [0.2, 0.25) is 5.91 Å². The molecule has 1 heterocycles. The Morgan fingerprint density at radius 2 is 2.06 bits per heavy atom. The van der Waals surface area contributed by atoms with Gasteiger partial charge in [-0.25, -0.2) is 0 Å². The number of nitrogens with zero attached hydrogens (tertiary/aromatic N) is 1. The first-order chi connectivity index (χ1) is 8.65. The Morgan fingerprint density at radius 3 is 2.72 bits per heavy atom. The first-order valence-electron chi connectivity index (χ1n) is 6.04. The van der Waals surface area contributed by atoms with Gasteiger partial charge in [-0.2, -0.15) is 0 Å². The van der Waals surface area contributed by atoms with Gasteiger partial charge >= 0.3 is 0 Å². The van der Waals surface area contributed by atoms with Gasteiger partial charge in [0.05, 0.1) is 6.54 Å². The molecule has 2 N–H and O–H groups in total. The summed E-state index contributed by atoms with van der Waals surface area (Å²) in [6, 6.07) is 6.01. The average Bonchev–Trinajstić information content (AvgIpc) is 3.16. The minimum absolute atomic E-state index is 0.0808. The Labute approximate surface area is 104 Å². The number of rotatable bonds is 2. The van der Waals surface area contributed by atoms with E-state index in [4.69, 9.17) is 0 Å². The van der Waals surface area contributed by atoms with Crippen LogP contribution in [-0.4, -0.2) is 34.4 Å². The zero-order valence-electron chi connectivity index (χ0n) is 9.80. The molecule has 2 fully saturated rings. The predicted molar refractivity (Wildman–Crippen MR) is 63.7 cm³/mol. The number of benzene rings is 1. The van der Waals surface area contributed by atoms with Gasteiger partial charge in [0.15, 0.2) is 0 Å². The zero-order chi connectivity index (χ0) is 12.7. The fourth-order valence-corrected chi connectivity index (χ4v) is 2.29. The van der Waals surface area contributed by atoms with Crippen LogP contribution in [0.2, 0.25) is 0 Å². The number of piperazine rings is 1. The predicted octanol–water partition coefficient (Wildman–Crippen LogP) is 0.554. The van der Waals surface area contributed by atoms with E-state index in [1.54, 1.807) is 17.0 Å². The van der Waals surface area contributed by atoms with Crippen LogP contribution in [-0.2, 0) is 9.59 Å². The van der Waals surface area contributed by atoms with Gasteiger partial charge in [-0.15, -0.1) is 0 Å². The van der Waals surface area contributed by atoms with Crippen LogP contribution in [0.15, 0.2) is 24.3 Å². The highest BCUT2D eigenvalue weighted by atomic mass is 16.3. The van der Waals surface area contributed by atoms with Crippen molar-refractivity contribution in [1.29, 1.82) is 0 Å². The molecule has 1 aliphatic heterocycles. The Balaban J connectivity index is 1.90. The molecule has 5 heteroatoms. The highest BCUT2D eigenvalue weighted by Gasteiger charge is 2.41. The molecule has 1 aliphatic carbocycles. The van der Waals surface area contributed by atoms with Gasteiger partial charge in [0.1, 0.15) is 11.8 Å². The van der Waals surface area contributed by atoms with Gasteiger partial charge in [-0.1, -0.05) is 12.1 Å². The summed E-state index contributed by atoms with van der Waals surface area (Å²) in [7, 11) is 0. The van der Waals surface area contributed by atoms with E-state index >= 15 is 0 Å². The largest absolute Gasteiger partial charge is 0.508 e. The molecule has 0 bridgehead atoms. The van der Waals surface area contributed by atoms with Crippen molar-refractivity contribution in [3.05, 3.63) is 29.8 Å². The van der Waals surface area contributed by atoms with Crippen molar-refractivity contribution in [3.63, 3.8) is 0 Å². The smallest absolute Gasteiger partial charge is 0.250 e. The Morgan fingerprint density at radius 1 is 1.28 bits per heavy atom. The van der Waals surface area contributed by atoms with Crippen LogP contribution in [0.25, 0.3) is 0 Å². The van der Waals surface area contributed by atoms with E-state index in [1.807, 2.05) is 0 Å². The molecule has 2 amide bonds. The first kappa shape index (κ1) is 11.1. The highest BCUT2D eigenvalue weighted by Crippen LogP contribution is 2.31. The van der Waals surface area contributed by atoms with Gasteiger partial charge < -0.3 is 15.3 Å². The summed E-state index contributed by atoms with van der Waals surface area (Å²) < 4.78 is 0. The summed E-state index contributed by atoms with van der Waals surface area (Å²) in [6.07, 6.45) is 1.96. The number of phenols is 1. The Hall–Kier alpha value is -2.04. The van der Waals surface area contributed by atoms with E-state index < -0.39 is 6.04 Å². The second-order valence-electron chi connectivity index (χ2n) is 4.79. The lowest BCUT2D eigenvalue weighted by Crippen LogP contribution is -2.54. The third-order valence-electron chi connectivity index (χ3n) is 3.34. The monoisotopic (exact) mass is 246 g/mol. The van der Waals surface area contributed by atoms with Crippen molar-refractivity contribution in [2.75, 3.05) is 6.54 Å². The molecule has 1 atom stereocenters. The van der Waals surface area contributed by atoms with E-state index in [9.17, 15) is 14.7 Å². The van der Waals surface area contributed by atoms with E-state index in [0.717, 1.165) is 12.8 Å². The summed E-state index contributed by atoms with van der Waals surface area (Å²) in [5.74, 6) is -0.129. The molecule has 1 saturated heterocycles. The summed E-state index contributed by atoms with van der Waals surface area (Å²) >= 11 is 0. The number of hydrogen-bond donors (Lipinski definition) is 2. The van der Waals surface area contributed by atoms with E-state index in [-0.39, 0.29) is 30.2 Å². The molecule has 0 aromatic heterocycles. The summed E-state index contributed by atoms with van der Waals surface area (Å²) in [4.78, 5) is 25.6. The number of hydrogen-bond acceptors (Lipinski definition) is 3. The maximum atomic E-state index is 12.3. The second kappa shape index (κ2) is 4.01. The van der Waals surface area contributed by atoms with Crippen LogP contribution < -0.4 is 5.32 Å². The Kier molecular flexibility index (Phi) is 2.47. The van der Waals surface area contributed by atoms with Crippen molar-refractivity contribution in [1.82, 2.24) is 10.2 Å². The molecule has 3 rings (SSSR count). The standard InChI is InChI=1S/C13H14N2O3/c16-10-3-1-2-8(6-10)12-13(18)15(9-4-5-9)7-11(17)14-12/h1-3,6,9,12,16H,4-5,7H2,(H,14,17)/t12-/m0/s1. The molecule has 1 aromatic carbocycles. The minimum atomic E-state index is -0.668. The lowest BCUT2D eigenvalue weighted by molar-refractivity contribution is -0.145. The minimum Gasteiger partial charge on any atom is -0.508 e. The van der Waals surface area contributed by atoms with E-state index in [1.165, 1.54) is 12.1 Å². The van der Waals surface area contributed by atoms with Gasteiger partial charge in [-0.05, 0) is 30.5 Å². The van der Waals surface area contributed by atoms with Gasteiger partial charge in [0.25, 0.3) is 5.91 Å². The van der Waals surface area contributed by atoms with Gasteiger partial charge in [-0.3, -0.25) is 9.59 Å². The van der Waals surface area contributed by atoms with E-state index in [0.29, 0.717) is 5.56 Å². The van der Waals surface area contributed by atoms with Crippen molar-refractivity contribution >= 4 is 11.8 Å². The number of phenolic OH excluding ortho intramolecular Hbond substituents is 1. The fourth-order valence-electron chi connectivity index (χ4n) is 2.29. The summed E-state index contributed by atoms with van der Waals surface area (Å²) in [6.45, 7) is 0.152. The van der Waals surface area contributed by atoms with Gasteiger partial charge in [0, 0.05) is 6.04 Å². The van der Waals surface area contributed by atoms with Crippen LogP contribution in [0.4, 0.5) is 0 Å². The number of aromatic hydroxyl groups is 1. The Bertz CT molecular complexity index is 511. The quantitative estimate of drug-likeness (QED) is 0.800. The van der Waals surface area contributed by atoms with E-state index in [2.05, 4.69) is 5.32 Å². The molecule has 94 valence electrons. The number of carbonyl (C=O) groups is 2. The van der Waals surface area contributed by atoms with Crippen molar-refractivity contribution in [2.24, 2.45) is 0 Å². The van der Waals surface area contributed by atoms with Crippen LogP contribution in [0.1, 0.15) is 24.4 Å². The molecule has 5 nitrogen and oxygen atoms in total. The highest BCUT2D eigenvalue weighted by molar-refractivity contribution is 5.95. The molecular weight excluding hydrogens is 232 g/mol. The zero-order valence-corrected chi connectivity index (χ0v) is 9.80. The van der Waals surface area contributed by atoms with Crippen LogP contribution >= 0.6 is 0 Å². The number of nitrogens with one attached hydrogen (secondary N) is 1. The third-order valence-corrected chi connectivity index (χ3v) is 3.34. The second-order valence-corrected chi connectivity index (χ2v) is 4.79. The third kappa shape index (κ3) is 1.92. The lowest BCUT2D eigenvalue weighted by Gasteiger charge is -2.32. The van der Waals surface area contributed by atoms with Crippen LogP contribution in [0.3, 0.4) is 0 Å². The fraction of sp³-hybridized carbons (Fsp3) is 0.385. The first-order valence-corrected chi connectivity index (χ1v) is 6.04. The maximum Gasteiger partial charge on any atom is 0.250 e. The molecule has 2 aliphatic rings. The van der Waals surface area contributed by atoms with Crippen LogP contribution in [0.5, 0.6) is 5.75 Å². The summed E-state index contributed by atoms with van der Waals surface area (Å²) in [5.41, 5.74) is 0.624. The SMILES string of the molecule is O=C1CN(C2CC2)C(=O)[C@H](c2cccc(O)c2)N1. The molecule has 0 spiro atoms. The van der Waals surface area contributed by atoms with Crippen molar-refractivity contribution < 1.29 is 14.7 Å². The average molecular weight is 246 g/mol. The number of amides is 2. The van der Waals surface area contributed by atoms with Crippen LogP contribution in [0, 0.1) is 0 Å².